The Morgan fingerprint density at radius 2 is 1.67 bits per heavy atom. The quantitative estimate of drug-likeness (QED) is 0.702. The van der Waals surface area contributed by atoms with E-state index in [9.17, 15) is 4.79 Å². The standard InChI is InChI=1S/C23H27N3O/c1-16(19-10-12-21(13-11-19)20-8-6-5-7-9-20)24-23(27)15-14-22-17(2)25-26(4)18(22)3/h5-13,16H,14-15H2,1-4H3,(H,24,27). The van der Waals surface area contributed by atoms with Gasteiger partial charge in [0.1, 0.15) is 0 Å². The van der Waals surface area contributed by atoms with Crippen molar-refractivity contribution in [2.45, 2.75) is 39.7 Å². The Bertz CT molecular complexity index is 911. The van der Waals surface area contributed by atoms with Gasteiger partial charge in [0.25, 0.3) is 0 Å². The van der Waals surface area contributed by atoms with Crippen LogP contribution in [0.5, 0.6) is 0 Å². The molecule has 0 saturated carbocycles. The van der Waals surface area contributed by atoms with Gasteiger partial charge in [-0.2, -0.15) is 5.10 Å². The summed E-state index contributed by atoms with van der Waals surface area (Å²) in [7, 11) is 1.94. The number of aromatic nitrogens is 2. The lowest BCUT2D eigenvalue weighted by atomic mass is 10.0. The van der Waals surface area contributed by atoms with Crippen molar-refractivity contribution in [2.24, 2.45) is 7.05 Å². The van der Waals surface area contributed by atoms with Crippen molar-refractivity contribution >= 4 is 5.91 Å². The highest BCUT2D eigenvalue weighted by molar-refractivity contribution is 5.76. The Labute approximate surface area is 161 Å². The first-order valence-corrected chi connectivity index (χ1v) is 9.39. The van der Waals surface area contributed by atoms with Gasteiger partial charge in [0, 0.05) is 19.2 Å². The van der Waals surface area contributed by atoms with Gasteiger partial charge in [0.15, 0.2) is 0 Å². The Morgan fingerprint density at radius 1 is 1.04 bits per heavy atom. The predicted octanol–water partition coefficient (Wildman–Crippen LogP) is 4.51. The molecule has 1 N–H and O–H groups in total. The zero-order valence-corrected chi connectivity index (χ0v) is 16.5. The van der Waals surface area contributed by atoms with Gasteiger partial charge >= 0.3 is 0 Å². The van der Waals surface area contributed by atoms with Crippen LogP contribution in [0.3, 0.4) is 0 Å². The van der Waals surface area contributed by atoms with Gasteiger partial charge in [-0.1, -0.05) is 54.6 Å². The molecule has 3 rings (SSSR count). The van der Waals surface area contributed by atoms with E-state index in [1.165, 1.54) is 16.7 Å². The molecule has 4 heteroatoms. The highest BCUT2D eigenvalue weighted by Gasteiger charge is 2.13. The maximum Gasteiger partial charge on any atom is 0.220 e. The van der Waals surface area contributed by atoms with Crippen molar-refractivity contribution in [2.75, 3.05) is 0 Å². The molecule has 0 aliphatic rings. The lowest BCUT2D eigenvalue weighted by Crippen LogP contribution is -2.26. The maximum absolute atomic E-state index is 12.4. The molecule has 1 aromatic heterocycles. The first-order chi connectivity index (χ1) is 13.0. The summed E-state index contributed by atoms with van der Waals surface area (Å²) < 4.78 is 1.87. The van der Waals surface area contributed by atoms with E-state index in [0.29, 0.717) is 6.42 Å². The van der Waals surface area contributed by atoms with Crippen LogP contribution in [0.15, 0.2) is 54.6 Å². The lowest BCUT2D eigenvalue weighted by molar-refractivity contribution is -0.121. The van der Waals surface area contributed by atoms with Gasteiger partial charge in [-0.3, -0.25) is 9.48 Å². The van der Waals surface area contributed by atoms with E-state index in [1.54, 1.807) is 0 Å². The number of nitrogens with zero attached hydrogens (tertiary/aromatic N) is 2. The van der Waals surface area contributed by atoms with Gasteiger partial charge < -0.3 is 5.32 Å². The molecular weight excluding hydrogens is 334 g/mol. The molecular formula is C23H27N3O. The number of hydrogen-bond acceptors (Lipinski definition) is 2. The van der Waals surface area contributed by atoms with Crippen molar-refractivity contribution in [3.8, 4) is 11.1 Å². The molecule has 1 heterocycles. The van der Waals surface area contributed by atoms with E-state index in [2.05, 4.69) is 46.8 Å². The average molecular weight is 361 g/mol. The first kappa shape index (κ1) is 18.9. The van der Waals surface area contributed by atoms with Crippen LogP contribution in [-0.4, -0.2) is 15.7 Å². The summed E-state index contributed by atoms with van der Waals surface area (Å²) in [5, 5.41) is 7.52. The Hall–Kier alpha value is -2.88. The molecule has 1 amide bonds. The molecule has 0 saturated heterocycles. The predicted molar refractivity (Wildman–Crippen MR) is 109 cm³/mol. The lowest BCUT2D eigenvalue weighted by Gasteiger charge is -2.15. The maximum atomic E-state index is 12.4. The van der Waals surface area contributed by atoms with E-state index in [1.807, 2.05) is 50.7 Å². The van der Waals surface area contributed by atoms with Crippen LogP contribution in [-0.2, 0) is 18.3 Å². The van der Waals surface area contributed by atoms with Crippen LogP contribution in [0.4, 0.5) is 0 Å². The molecule has 0 bridgehead atoms. The third-order valence-corrected chi connectivity index (χ3v) is 5.16. The number of carbonyl (C=O) groups is 1. The number of amides is 1. The van der Waals surface area contributed by atoms with E-state index >= 15 is 0 Å². The van der Waals surface area contributed by atoms with Crippen LogP contribution in [0.25, 0.3) is 11.1 Å². The van der Waals surface area contributed by atoms with Crippen LogP contribution in [0.2, 0.25) is 0 Å². The SMILES string of the molecule is Cc1nn(C)c(C)c1CCC(=O)NC(C)c1ccc(-c2ccccc2)cc1. The molecule has 0 fully saturated rings. The topological polar surface area (TPSA) is 46.9 Å². The summed E-state index contributed by atoms with van der Waals surface area (Å²) in [6.07, 6.45) is 1.19. The normalized spacial score (nSPS) is 12.0. The summed E-state index contributed by atoms with van der Waals surface area (Å²) in [6.45, 7) is 6.07. The molecule has 140 valence electrons. The second-order valence-electron chi connectivity index (χ2n) is 7.05. The monoisotopic (exact) mass is 361 g/mol. The number of benzene rings is 2. The summed E-state index contributed by atoms with van der Waals surface area (Å²) in [6, 6.07) is 18.7. The molecule has 1 atom stereocenters. The summed E-state index contributed by atoms with van der Waals surface area (Å²) >= 11 is 0. The summed E-state index contributed by atoms with van der Waals surface area (Å²) in [5.41, 5.74) is 6.80. The minimum Gasteiger partial charge on any atom is -0.350 e. The molecule has 4 nitrogen and oxygen atoms in total. The Morgan fingerprint density at radius 3 is 2.26 bits per heavy atom. The van der Waals surface area contributed by atoms with E-state index in [4.69, 9.17) is 0 Å². The number of carbonyl (C=O) groups excluding carboxylic acids is 1. The zero-order valence-electron chi connectivity index (χ0n) is 16.5. The molecule has 3 aromatic rings. The highest BCUT2D eigenvalue weighted by atomic mass is 16.1. The molecule has 0 radical (unpaired) electrons. The first-order valence-electron chi connectivity index (χ1n) is 9.39. The number of rotatable bonds is 6. The molecule has 0 aliphatic carbocycles. The Balaban J connectivity index is 1.58. The van der Waals surface area contributed by atoms with Crippen molar-refractivity contribution in [3.05, 3.63) is 77.1 Å². The van der Waals surface area contributed by atoms with Crippen LogP contribution >= 0.6 is 0 Å². The van der Waals surface area contributed by atoms with Crippen LogP contribution in [0, 0.1) is 13.8 Å². The fraction of sp³-hybridized carbons (Fsp3) is 0.304. The number of hydrogen-bond donors (Lipinski definition) is 1. The fourth-order valence-electron chi connectivity index (χ4n) is 3.41. The minimum absolute atomic E-state index is 0.0154. The third kappa shape index (κ3) is 4.45. The van der Waals surface area contributed by atoms with Gasteiger partial charge in [-0.05, 0) is 49.4 Å². The van der Waals surface area contributed by atoms with E-state index in [0.717, 1.165) is 23.4 Å². The molecule has 0 spiro atoms. The van der Waals surface area contributed by atoms with E-state index < -0.39 is 0 Å². The van der Waals surface area contributed by atoms with Crippen molar-refractivity contribution in [1.29, 1.82) is 0 Å². The summed E-state index contributed by atoms with van der Waals surface area (Å²) in [5.74, 6) is 0.0669. The van der Waals surface area contributed by atoms with Gasteiger partial charge in [0.2, 0.25) is 5.91 Å². The Kier molecular flexibility index (Phi) is 5.75. The van der Waals surface area contributed by atoms with Gasteiger partial charge in [-0.15, -0.1) is 0 Å². The smallest absolute Gasteiger partial charge is 0.220 e. The number of aryl methyl sites for hydroxylation is 2. The third-order valence-electron chi connectivity index (χ3n) is 5.16. The summed E-state index contributed by atoms with van der Waals surface area (Å²) in [4.78, 5) is 12.4. The second kappa shape index (κ2) is 8.21. The van der Waals surface area contributed by atoms with Crippen LogP contribution < -0.4 is 5.32 Å². The number of nitrogens with one attached hydrogen (secondary N) is 1. The molecule has 27 heavy (non-hydrogen) atoms. The van der Waals surface area contributed by atoms with Gasteiger partial charge in [-0.25, -0.2) is 0 Å². The second-order valence-corrected chi connectivity index (χ2v) is 7.05. The largest absolute Gasteiger partial charge is 0.350 e. The van der Waals surface area contributed by atoms with Crippen molar-refractivity contribution < 1.29 is 4.79 Å². The van der Waals surface area contributed by atoms with Crippen LogP contribution in [0.1, 0.15) is 41.9 Å². The average Bonchev–Trinajstić information content (AvgIpc) is 2.92. The van der Waals surface area contributed by atoms with Gasteiger partial charge in [0.05, 0.1) is 11.7 Å². The molecule has 1 unspecified atom stereocenters. The highest BCUT2D eigenvalue weighted by Crippen LogP contribution is 2.22. The minimum atomic E-state index is -0.0154. The molecule has 2 aromatic carbocycles. The van der Waals surface area contributed by atoms with Crippen molar-refractivity contribution in [1.82, 2.24) is 15.1 Å². The zero-order chi connectivity index (χ0) is 19.4. The fourth-order valence-corrected chi connectivity index (χ4v) is 3.41. The molecule has 0 aliphatic heterocycles. The van der Waals surface area contributed by atoms with Crippen molar-refractivity contribution in [3.63, 3.8) is 0 Å². The van der Waals surface area contributed by atoms with E-state index in [-0.39, 0.29) is 11.9 Å².